The van der Waals surface area contributed by atoms with Crippen molar-refractivity contribution in [1.82, 2.24) is 19.9 Å². The summed E-state index contributed by atoms with van der Waals surface area (Å²) in [5.74, 6) is 0.318. The Kier molecular flexibility index (Phi) is 8.60. The predicted octanol–water partition coefficient (Wildman–Crippen LogP) is 5.32. The fourth-order valence-electron chi connectivity index (χ4n) is 5.06. The molecule has 0 spiro atoms. The number of imidazole rings is 1. The fourth-order valence-corrected chi connectivity index (χ4v) is 5.47. The first-order valence-electron chi connectivity index (χ1n) is 14.1. The Hall–Kier alpha value is -3.66. The number of carbonyl (C=O) groups is 1. The number of aromatic hydroxyl groups is 1. The number of phenolic OH excluding ortho intramolecular Hbond substituents is 1. The van der Waals surface area contributed by atoms with Crippen LogP contribution >= 0.6 is 7.82 Å². The zero-order valence-electron chi connectivity index (χ0n) is 24.9. The molecule has 0 atom stereocenters. The van der Waals surface area contributed by atoms with E-state index in [1.165, 1.54) is 6.07 Å². The number of unbranched alkanes of at least 4 members (excludes halogenated alkanes) is 1. The summed E-state index contributed by atoms with van der Waals surface area (Å²) in [7, 11) is -4.88. The van der Waals surface area contributed by atoms with Gasteiger partial charge in [0.25, 0.3) is 0 Å². The fraction of sp³-hybridized carbons (Fsp3) is 0.433. The summed E-state index contributed by atoms with van der Waals surface area (Å²) in [6, 6.07) is 10.5. The highest BCUT2D eigenvalue weighted by molar-refractivity contribution is 7.46. The lowest BCUT2D eigenvalue weighted by Crippen LogP contribution is -2.55. The minimum Gasteiger partial charge on any atom is -0.504 e. The third-order valence-electron chi connectivity index (χ3n) is 8.22. The number of para-hydroxylation sites is 1. The highest BCUT2D eigenvalue weighted by Crippen LogP contribution is 2.43. The number of aromatic nitrogens is 3. The molecule has 226 valence electrons. The molecule has 0 aliphatic heterocycles. The average Bonchev–Trinajstić information content (AvgIpc) is 3.27. The second-order valence-corrected chi connectivity index (χ2v) is 12.8. The lowest BCUT2D eigenvalue weighted by molar-refractivity contribution is -0.123. The minimum atomic E-state index is -4.88. The third-order valence-corrected chi connectivity index (χ3v) is 8.66. The summed E-state index contributed by atoms with van der Waals surface area (Å²) in [5, 5.41) is 14.8. The molecule has 0 saturated heterocycles. The van der Waals surface area contributed by atoms with Crippen LogP contribution in [0.2, 0.25) is 0 Å². The monoisotopic (exact) mass is 597 g/mol. The van der Waals surface area contributed by atoms with Crippen molar-refractivity contribution in [1.29, 1.82) is 0 Å². The van der Waals surface area contributed by atoms with Gasteiger partial charge in [-0.2, -0.15) is 0 Å². The smallest absolute Gasteiger partial charge is 0.504 e. The summed E-state index contributed by atoms with van der Waals surface area (Å²) in [6.07, 6.45) is 2.86. The number of amides is 1. The van der Waals surface area contributed by atoms with Crippen LogP contribution in [0.15, 0.2) is 36.4 Å². The van der Waals surface area contributed by atoms with Crippen LogP contribution in [-0.4, -0.2) is 40.9 Å². The van der Waals surface area contributed by atoms with Gasteiger partial charge in [0.15, 0.2) is 17.3 Å². The number of nitrogen functional groups attached to an aromatic ring is 1. The lowest BCUT2D eigenvalue weighted by Gasteiger charge is -2.43. The van der Waals surface area contributed by atoms with Gasteiger partial charge in [0.05, 0.1) is 17.6 Å². The van der Waals surface area contributed by atoms with E-state index in [0.29, 0.717) is 29.4 Å². The van der Waals surface area contributed by atoms with Gasteiger partial charge in [-0.25, -0.2) is 14.5 Å². The first-order valence-corrected chi connectivity index (χ1v) is 15.6. The Balaban J connectivity index is 1.90. The lowest BCUT2D eigenvalue weighted by atomic mass is 9.69. The van der Waals surface area contributed by atoms with Gasteiger partial charge in [0.1, 0.15) is 11.3 Å². The van der Waals surface area contributed by atoms with E-state index in [2.05, 4.69) is 26.1 Å². The van der Waals surface area contributed by atoms with Crippen LogP contribution in [0.5, 0.6) is 11.5 Å². The normalized spacial score (nSPS) is 12.7. The number of nitrogens with zero attached hydrogens (tertiary/aromatic N) is 3. The molecule has 11 nitrogen and oxygen atoms in total. The van der Waals surface area contributed by atoms with Crippen molar-refractivity contribution in [2.24, 2.45) is 0 Å². The zero-order valence-corrected chi connectivity index (χ0v) is 25.8. The van der Waals surface area contributed by atoms with Gasteiger partial charge in [-0.1, -0.05) is 58.4 Å². The number of phenols is 1. The molecule has 0 radical (unpaired) electrons. The Morgan fingerprint density at radius 2 is 1.83 bits per heavy atom. The number of nitrogens with two attached hydrogens (primary N) is 1. The number of pyridine rings is 1. The van der Waals surface area contributed by atoms with E-state index in [4.69, 9.17) is 20.2 Å². The van der Waals surface area contributed by atoms with E-state index < -0.39 is 18.8 Å². The highest BCUT2D eigenvalue weighted by atomic mass is 31.2. The van der Waals surface area contributed by atoms with E-state index in [1.54, 1.807) is 12.1 Å². The highest BCUT2D eigenvalue weighted by Gasteiger charge is 2.39. The quantitative estimate of drug-likeness (QED) is 0.143. The van der Waals surface area contributed by atoms with Crippen LogP contribution in [0.25, 0.3) is 21.9 Å². The van der Waals surface area contributed by atoms with E-state index >= 15 is 0 Å². The summed E-state index contributed by atoms with van der Waals surface area (Å²) in [4.78, 5) is 40.4. The van der Waals surface area contributed by atoms with Crippen LogP contribution < -0.4 is 15.6 Å². The second kappa shape index (κ2) is 11.6. The maximum atomic E-state index is 12.3. The van der Waals surface area contributed by atoms with Crippen molar-refractivity contribution in [3.8, 4) is 11.5 Å². The Labute approximate surface area is 245 Å². The molecule has 0 bridgehead atoms. The van der Waals surface area contributed by atoms with Gasteiger partial charge in [-0.05, 0) is 38.0 Å². The molecule has 12 heteroatoms. The number of aryl methyl sites for hydroxylation is 1. The van der Waals surface area contributed by atoms with Gasteiger partial charge in [-0.15, -0.1) is 0 Å². The van der Waals surface area contributed by atoms with E-state index in [-0.39, 0.29) is 29.8 Å². The number of phosphoric acid groups is 1. The SMILES string of the molecule is CCCCc1nc2c(N)nc3cc(C(C)(C)C(C)(C)NC(=O)CC)ccc3c2n1Cc1cccc(OP(=O)(O)O)c1O. The van der Waals surface area contributed by atoms with E-state index in [0.717, 1.165) is 35.1 Å². The molecule has 0 unspecified atom stereocenters. The van der Waals surface area contributed by atoms with Crippen LogP contribution in [0, 0.1) is 0 Å². The number of hydrogen-bond donors (Lipinski definition) is 5. The van der Waals surface area contributed by atoms with Crippen LogP contribution in [0.1, 0.15) is 77.8 Å². The molecule has 0 aliphatic rings. The van der Waals surface area contributed by atoms with Gasteiger partial charge < -0.3 is 25.2 Å². The van der Waals surface area contributed by atoms with Gasteiger partial charge in [-0.3, -0.25) is 14.6 Å². The van der Waals surface area contributed by atoms with Crippen molar-refractivity contribution in [2.45, 2.75) is 84.7 Å². The number of nitrogens with one attached hydrogen (secondary N) is 1. The topological polar surface area (TPSA) is 173 Å². The molecule has 1 amide bonds. The largest absolute Gasteiger partial charge is 0.524 e. The molecule has 0 saturated carbocycles. The van der Waals surface area contributed by atoms with Crippen LogP contribution in [-0.2, 0) is 27.7 Å². The van der Waals surface area contributed by atoms with Gasteiger partial charge >= 0.3 is 7.82 Å². The maximum Gasteiger partial charge on any atom is 0.524 e. The minimum absolute atomic E-state index is 0.0278. The predicted molar refractivity (Wildman–Crippen MR) is 163 cm³/mol. The van der Waals surface area contributed by atoms with E-state index in [1.807, 2.05) is 43.5 Å². The number of rotatable bonds is 11. The molecule has 2 aromatic carbocycles. The summed E-state index contributed by atoms with van der Waals surface area (Å²) < 4.78 is 18.1. The van der Waals surface area contributed by atoms with Crippen molar-refractivity contribution < 1.29 is 28.8 Å². The van der Waals surface area contributed by atoms with Crippen molar-refractivity contribution in [2.75, 3.05) is 5.73 Å². The Morgan fingerprint density at radius 3 is 2.48 bits per heavy atom. The molecular weight excluding hydrogens is 557 g/mol. The number of phosphoric ester groups is 1. The molecule has 0 fully saturated rings. The average molecular weight is 598 g/mol. The first kappa shape index (κ1) is 31.3. The standard InChI is InChI=1S/C30H40N5O6P/c1-7-9-13-23-33-25-26(35(23)17-18-11-10-12-22(27(18)37)41-42(38,39)40)20-15-14-19(16-21(20)32-28(25)31)29(3,4)30(5,6)34-24(36)8-2/h10-12,14-16,37H,7-9,13,17H2,1-6H3,(H2,31,32)(H,34,36)(H2,38,39,40). The number of benzene rings is 2. The Bertz CT molecular complexity index is 1690. The number of fused-ring (bicyclic) bond motifs is 3. The second-order valence-electron chi connectivity index (χ2n) is 11.6. The molecule has 0 aliphatic carbocycles. The van der Waals surface area contributed by atoms with Crippen LogP contribution in [0.4, 0.5) is 5.82 Å². The molecule has 2 heterocycles. The molecule has 4 aromatic rings. The van der Waals surface area contributed by atoms with Gasteiger partial charge in [0, 0.05) is 34.7 Å². The molecular formula is C30H40N5O6P. The first-order chi connectivity index (χ1) is 19.6. The van der Waals surface area contributed by atoms with E-state index in [9.17, 15) is 24.3 Å². The number of hydrogen-bond acceptors (Lipinski definition) is 7. The van der Waals surface area contributed by atoms with Gasteiger partial charge in [0.2, 0.25) is 5.91 Å². The van der Waals surface area contributed by atoms with Crippen molar-refractivity contribution in [3.05, 3.63) is 53.3 Å². The third kappa shape index (κ3) is 6.09. The molecule has 6 N–H and O–H groups in total. The van der Waals surface area contributed by atoms with Crippen LogP contribution in [0.3, 0.4) is 0 Å². The molecule has 2 aromatic heterocycles. The van der Waals surface area contributed by atoms with Crippen molar-refractivity contribution >= 4 is 41.5 Å². The Morgan fingerprint density at radius 1 is 1.12 bits per heavy atom. The number of carbonyl (C=O) groups excluding carboxylic acids is 1. The summed E-state index contributed by atoms with van der Waals surface area (Å²) >= 11 is 0. The zero-order chi connectivity index (χ0) is 31.0. The molecule has 4 rings (SSSR count). The summed E-state index contributed by atoms with van der Waals surface area (Å²) in [5.41, 5.74) is 8.77. The number of anilines is 1. The maximum absolute atomic E-state index is 12.3. The van der Waals surface area contributed by atoms with Crippen molar-refractivity contribution in [3.63, 3.8) is 0 Å². The summed E-state index contributed by atoms with van der Waals surface area (Å²) in [6.45, 7) is 12.2. The molecule has 42 heavy (non-hydrogen) atoms.